The molecule has 4 aliphatic heterocycles. The highest BCUT2D eigenvalue weighted by atomic mass is 32.2. The minimum absolute atomic E-state index is 0.0528. The molecule has 0 spiro atoms. The second-order valence-electron chi connectivity index (χ2n) is 20.1. The molecule has 8 rings (SSSR count). The molecule has 0 saturated carbocycles. The fourth-order valence-corrected chi connectivity index (χ4v) is 10.3. The van der Waals surface area contributed by atoms with Gasteiger partial charge in [-0.1, -0.05) is 67.7 Å². The van der Waals surface area contributed by atoms with Crippen molar-refractivity contribution in [2.24, 2.45) is 5.73 Å². The molecular formula is C55H68F2N10O12S3. The molecule has 0 unspecified atom stereocenters. The number of hydrogen-bond acceptors (Lipinski definition) is 16. The largest absolute Gasteiger partial charge is 0.443 e. The number of nitrogens with two attached hydrogens (primary N) is 1. The number of rotatable bonds is 22. The van der Waals surface area contributed by atoms with Crippen LogP contribution in [0.4, 0.5) is 41.1 Å². The summed E-state index contributed by atoms with van der Waals surface area (Å²) in [6.45, 7) is 6.63. The van der Waals surface area contributed by atoms with E-state index in [0.717, 1.165) is 23.6 Å². The Labute approximate surface area is 481 Å². The van der Waals surface area contributed by atoms with Gasteiger partial charge >= 0.3 is 12.2 Å². The first kappa shape index (κ1) is 62.4. The molecule has 4 aromatic carbocycles. The normalized spacial score (nSPS) is 17.5. The third kappa shape index (κ3) is 17.7. The first-order valence-corrected chi connectivity index (χ1v) is 30.9. The van der Waals surface area contributed by atoms with Crippen LogP contribution in [0.15, 0.2) is 84.9 Å². The number of sulfonamides is 2. The van der Waals surface area contributed by atoms with Crippen molar-refractivity contribution in [3.63, 3.8) is 0 Å². The summed E-state index contributed by atoms with van der Waals surface area (Å²) in [5.74, 6) is -1.58. The molecule has 4 aromatic rings. The van der Waals surface area contributed by atoms with Gasteiger partial charge in [0.25, 0.3) is 0 Å². The van der Waals surface area contributed by atoms with Crippen molar-refractivity contribution >= 4 is 95.6 Å². The van der Waals surface area contributed by atoms with Crippen LogP contribution in [0.2, 0.25) is 0 Å². The molecule has 442 valence electrons. The van der Waals surface area contributed by atoms with Gasteiger partial charge in [-0.25, -0.2) is 44.6 Å². The highest BCUT2D eigenvalue weighted by molar-refractivity contribution is 7.89. The molecule has 22 nitrogen and oxygen atoms in total. The number of cyclic esters (lactones) is 2. The van der Waals surface area contributed by atoms with Gasteiger partial charge in [-0.3, -0.25) is 29.0 Å². The third-order valence-corrected chi connectivity index (χ3v) is 15.8. The number of hydrogen-bond donors (Lipinski definition) is 4. The van der Waals surface area contributed by atoms with Gasteiger partial charge in [0.1, 0.15) is 23.8 Å². The number of piperazine rings is 2. The lowest BCUT2D eigenvalue weighted by Crippen LogP contribution is -2.49. The zero-order chi connectivity index (χ0) is 59.3. The number of benzene rings is 4. The second-order valence-corrected chi connectivity index (χ2v) is 24.2. The molecule has 4 fully saturated rings. The van der Waals surface area contributed by atoms with E-state index in [-0.39, 0.29) is 81.8 Å². The van der Waals surface area contributed by atoms with Crippen LogP contribution < -0.4 is 40.1 Å². The van der Waals surface area contributed by atoms with Crippen LogP contribution in [0, 0.1) is 11.6 Å². The van der Waals surface area contributed by atoms with Crippen LogP contribution >= 0.6 is 12.2 Å². The Bertz CT molecular complexity index is 3220. The topological polar surface area (TPSA) is 271 Å². The maximum Gasteiger partial charge on any atom is 0.414 e. The molecule has 0 aromatic heterocycles. The van der Waals surface area contributed by atoms with E-state index in [0.29, 0.717) is 104 Å². The Kier molecular flexibility index (Phi) is 21.5. The van der Waals surface area contributed by atoms with Crippen molar-refractivity contribution in [2.75, 3.05) is 111 Å². The highest BCUT2D eigenvalue weighted by Crippen LogP contribution is 2.31. The summed E-state index contributed by atoms with van der Waals surface area (Å²) in [5, 5.41) is 3.06. The maximum absolute atomic E-state index is 15.2. The summed E-state index contributed by atoms with van der Waals surface area (Å²) in [5.41, 5.74) is 9.49. The second kappa shape index (κ2) is 28.2. The standard InChI is InChI=1S/C29H36FN5O6S2.C26H32FN5O6S/c1-3-27(42)31-18-23-19-35(29(38)41-23)22-8-9-25(24(30)16-22)33-12-14-34(15-13-33)28(37)11-10-26(36)21-6-4-20(5-7-21)17-32-43(2,39)40;1-39(36,37)29-16-18-2-4-19(5-3-18)24(33)8-9-25(34)31-12-10-30(11-13-31)23-7-6-20(14-22(23)27)32-17-21(15-28)38-26(32)35/h4-9,16,23,32H,3,10-15,17-19H2,1-2H3,(H,31,42);2-7,14,21,29H,8-13,15-17,28H2,1H3/t23-;21-/m00/s1. The van der Waals surface area contributed by atoms with Crippen molar-refractivity contribution in [1.82, 2.24) is 24.6 Å². The van der Waals surface area contributed by atoms with E-state index in [1.807, 2.05) is 16.7 Å². The molecule has 4 saturated heterocycles. The number of halogens is 2. The van der Waals surface area contributed by atoms with Crippen molar-refractivity contribution in [1.29, 1.82) is 0 Å². The van der Waals surface area contributed by atoms with Crippen molar-refractivity contribution in [3.8, 4) is 0 Å². The smallest absolute Gasteiger partial charge is 0.414 e. The van der Waals surface area contributed by atoms with Crippen molar-refractivity contribution in [3.05, 3.63) is 119 Å². The molecule has 0 radical (unpaired) electrons. The van der Waals surface area contributed by atoms with Gasteiger partial charge in [0.15, 0.2) is 11.6 Å². The van der Waals surface area contributed by atoms with Gasteiger partial charge in [-0.05, 0) is 53.9 Å². The Morgan fingerprint density at radius 3 is 1.34 bits per heavy atom. The Morgan fingerprint density at radius 2 is 0.988 bits per heavy atom. The van der Waals surface area contributed by atoms with E-state index < -0.39 is 56.1 Å². The number of anilines is 4. The Balaban J connectivity index is 0.000000237. The molecule has 27 heteroatoms. The predicted octanol–water partition coefficient (Wildman–Crippen LogP) is 4.31. The average Bonchev–Trinajstić information content (AvgIpc) is 4.25. The molecule has 4 aliphatic rings. The molecule has 4 heterocycles. The minimum Gasteiger partial charge on any atom is -0.443 e. The number of Topliss-reactive ketones (excluding diaryl/α,β-unsaturated/α-hetero) is 2. The summed E-state index contributed by atoms with van der Waals surface area (Å²) in [4.78, 5) is 85.5. The van der Waals surface area contributed by atoms with Crippen LogP contribution in [0.3, 0.4) is 0 Å². The van der Waals surface area contributed by atoms with Crippen LogP contribution in [-0.2, 0) is 52.2 Å². The van der Waals surface area contributed by atoms with Crippen molar-refractivity contribution < 1.29 is 63.9 Å². The lowest BCUT2D eigenvalue weighted by molar-refractivity contribution is -0.132. The number of amides is 4. The zero-order valence-corrected chi connectivity index (χ0v) is 48.3. The van der Waals surface area contributed by atoms with Crippen LogP contribution in [0.25, 0.3) is 0 Å². The summed E-state index contributed by atoms with van der Waals surface area (Å²) in [6.07, 6.45) is 1.18. The molecule has 0 bridgehead atoms. The molecule has 5 N–H and O–H groups in total. The number of carbonyl (C=O) groups is 6. The fourth-order valence-electron chi connectivity index (χ4n) is 9.37. The SMILES string of the molecule is CCC(=S)NC[C@H]1CN(c2ccc(N3CCN(C(=O)CCC(=O)c4ccc(CNS(C)(=O)=O)cc4)CC3)c(F)c2)C(=O)O1.CS(=O)(=O)NCc1ccc(C(=O)CCC(=O)N2CCN(c3ccc(N4C[C@H](CN)OC4=O)cc3F)CC2)cc1. The first-order valence-electron chi connectivity index (χ1n) is 26.7. The Hall–Kier alpha value is -7.17. The van der Waals surface area contributed by atoms with E-state index in [1.165, 1.54) is 21.9 Å². The number of ether oxygens (including phenoxy) is 2. The number of carbonyl (C=O) groups excluding carboxylic acids is 6. The zero-order valence-electron chi connectivity index (χ0n) is 45.8. The van der Waals surface area contributed by atoms with E-state index in [9.17, 15) is 50.0 Å². The van der Waals surface area contributed by atoms with Crippen LogP contribution in [0.1, 0.15) is 70.9 Å². The maximum atomic E-state index is 15.2. The number of nitrogens with one attached hydrogen (secondary N) is 3. The molecule has 4 amide bonds. The number of nitrogens with zero attached hydrogens (tertiary/aromatic N) is 6. The summed E-state index contributed by atoms with van der Waals surface area (Å²) in [6, 6.07) is 22.4. The van der Waals surface area contributed by atoms with E-state index >= 15 is 4.39 Å². The lowest BCUT2D eigenvalue weighted by atomic mass is 10.0. The van der Waals surface area contributed by atoms with Gasteiger partial charge < -0.3 is 40.1 Å². The average molecular weight is 1200 g/mol. The van der Waals surface area contributed by atoms with Crippen LogP contribution in [0.5, 0.6) is 0 Å². The van der Waals surface area contributed by atoms with E-state index in [2.05, 4.69) is 14.8 Å². The molecule has 2 atom stereocenters. The van der Waals surface area contributed by atoms with Crippen molar-refractivity contribution in [2.45, 2.75) is 64.3 Å². The van der Waals surface area contributed by atoms with Gasteiger partial charge in [0.05, 0.1) is 59.9 Å². The summed E-state index contributed by atoms with van der Waals surface area (Å²) >= 11 is 5.15. The quantitative estimate of drug-likeness (QED) is 0.0631. The molecular weight excluding hydrogens is 1130 g/mol. The predicted molar refractivity (Wildman–Crippen MR) is 309 cm³/mol. The lowest BCUT2D eigenvalue weighted by Gasteiger charge is -2.36. The number of thiocarbonyl (C=S) groups is 1. The van der Waals surface area contributed by atoms with E-state index in [1.54, 1.807) is 82.6 Å². The summed E-state index contributed by atoms with van der Waals surface area (Å²) in [7, 11) is -6.62. The molecule has 82 heavy (non-hydrogen) atoms. The van der Waals surface area contributed by atoms with E-state index in [4.69, 9.17) is 27.4 Å². The highest BCUT2D eigenvalue weighted by Gasteiger charge is 2.35. The number of ketones is 2. The molecule has 0 aliphatic carbocycles. The minimum atomic E-state index is -3.31. The first-order chi connectivity index (χ1) is 39.0. The van der Waals surface area contributed by atoms with Crippen LogP contribution in [-0.4, -0.2) is 170 Å². The van der Waals surface area contributed by atoms with Gasteiger partial charge in [0, 0.05) is 109 Å². The summed E-state index contributed by atoms with van der Waals surface area (Å²) < 4.78 is 90.3. The van der Waals surface area contributed by atoms with Gasteiger partial charge in [-0.2, -0.15) is 0 Å². The Morgan fingerprint density at radius 1 is 0.598 bits per heavy atom. The van der Waals surface area contributed by atoms with Gasteiger partial charge in [0.2, 0.25) is 31.9 Å². The fraction of sp³-hybridized carbons (Fsp3) is 0.436. The van der Waals surface area contributed by atoms with Gasteiger partial charge in [-0.15, -0.1) is 0 Å². The third-order valence-electron chi connectivity index (χ3n) is 14.1. The monoisotopic (exact) mass is 1190 g/mol.